The number of pyridine rings is 1. The largest absolute Gasteiger partial charge is 0.457 e. The van der Waals surface area contributed by atoms with Crippen molar-refractivity contribution in [2.75, 3.05) is 5.73 Å². The molecular weight excluding hydrogens is 478 g/mol. The van der Waals surface area contributed by atoms with Crippen molar-refractivity contribution in [3.63, 3.8) is 0 Å². The summed E-state index contributed by atoms with van der Waals surface area (Å²) in [4.78, 5) is 16.8. The molecule has 1 amide bonds. The Labute approximate surface area is 220 Å². The Bertz CT molecular complexity index is 1570. The molecule has 0 unspecified atom stereocenters. The number of para-hydroxylation sites is 1. The van der Waals surface area contributed by atoms with E-state index in [0.717, 1.165) is 50.3 Å². The number of H-pyrrole nitrogens is 1. The number of nitrogens with one attached hydrogen (secondary N) is 2. The summed E-state index contributed by atoms with van der Waals surface area (Å²) in [6.45, 7) is 5.82. The average molecular weight is 508 g/mol. The topological polar surface area (TPSA) is 115 Å². The zero-order chi connectivity index (χ0) is 26.7. The first kappa shape index (κ1) is 24.8. The zero-order valence-electron chi connectivity index (χ0n) is 21.5. The van der Waals surface area contributed by atoms with Gasteiger partial charge in [0.1, 0.15) is 17.1 Å². The van der Waals surface area contributed by atoms with Crippen molar-refractivity contribution in [2.24, 2.45) is 0 Å². The summed E-state index contributed by atoms with van der Waals surface area (Å²) < 4.78 is 11.2. The van der Waals surface area contributed by atoms with Crippen molar-refractivity contribution in [3.8, 4) is 33.9 Å². The van der Waals surface area contributed by atoms with Gasteiger partial charge in [0, 0.05) is 23.9 Å². The third kappa shape index (κ3) is 5.59. The number of ether oxygens (including phenoxy) is 2. The van der Waals surface area contributed by atoms with Crippen LogP contribution in [-0.4, -0.2) is 26.9 Å². The number of fused-ring (bicyclic) bond motifs is 1. The summed E-state index contributed by atoms with van der Waals surface area (Å²) in [6, 6.07) is 25.2. The van der Waals surface area contributed by atoms with Crippen LogP contribution in [0, 0.1) is 0 Å². The highest BCUT2D eigenvalue weighted by Gasteiger charge is 2.18. The Morgan fingerprint density at radius 1 is 0.947 bits per heavy atom. The maximum atomic E-state index is 12.1. The maximum Gasteiger partial charge on any atom is 0.407 e. The standard InChI is InChI=1S/C30H29N5O3/c1-30(2,3)38-29(36)33-17-19-8-7-9-21(16-19)26-27-25(28(31)35-34-27)24(18-32-26)20-12-14-23(15-13-20)37-22-10-5-4-6-11-22/h4-16,18H,17H2,1-3H3,(H,33,36)(H3,31,34,35). The van der Waals surface area contributed by atoms with Gasteiger partial charge in [-0.2, -0.15) is 5.10 Å². The number of alkyl carbamates (subject to hydrolysis) is 1. The highest BCUT2D eigenvalue weighted by molar-refractivity contribution is 6.06. The molecule has 5 aromatic rings. The van der Waals surface area contributed by atoms with Crippen LogP contribution in [0.1, 0.15) is 26.3 Å². The van der Waals surface area contributed by atoms with Gasteiger partial charge in [-0.1, -0.05) is 48.5 Å². The number of amides is 1. The molecule has 0 aliphatic carbocycles. The number of aromatic nitrogens is 3. The second kappa shape index (κ2) is 10.3. The minimum absolute atomic E-state index is 0.326. The number of benzene rings is 3. The number of rotatable bonds is 6. The van der Waals surface area contributed by atoms with Gasteiger partial charge in [-0.15, -0.1) is 0 Å². The monoisotopic (exact) mass is 507 g/mol. The van der Waals surface area contributed by atoms with Crippen LogP contribution in [0.5, 0.6) is 11.5 Å². The van der Waals surface area contributed by atoms with E-state index in [0.29, 0.717) is 12.4 Å². The number of carbonyl (C=O) groups excluding carboxylic acids is 1. The molecule has 8 nitrogen and oxygen atoms in total. The molecule has 192 valence electrons. The van der Waals surface area contributed by atoms with Gasteiger partial charge in [0.2, 0.25) is 0 Å². The van der Waals surface area contributed by atoms with Gasteiger partial charge in [-0.25, -0.2) is 4.79 Å². The predicted molar refractivity (Wildman–Crippen MR) is 149 cm³/mol. The summed E-state index contributed by atoms with van der Waals surface area (Å²) >= 11 is 0. The van der Waals surface area contributed by atoms with Gasteiger partial charge in [-0.3, -0.25) is 10.1 Å². The van der Waals surface area contributed by atoms with Crippen LogP contribution in [0.15, 0.2) is 85.1 Å². The van der Waals surface area contributed by atoms with E-state index < -0.39 is 11.7 Å². The van der Waals surface area contributed by atoms with Crippen LogP contribution in [0.25, 0.3) is 33.3 Å². The number of hydrogen-bond donors (Lipinski definition) is 3. The van der Waals surface area contributed by atoms with Crippen molar-refractivity contribution in [1.82, 2.24) is 20.5 Å². The van der Waals surface area contributed by atoms with Crippen LogP contribution in [0.2, 0.25) is 0 Å². The van der Waals surface area contributed by atoms with Crippen molar-refractivity contribution >= 4 is 22.8 Å². The number of nitrogens with two attached hydrogens (primary N) is 1. The highest BCUT2D eigenvalue weighted by Crippen LogP contribution is 2.36. The van der Waals surface area contributed by atoms with Crippen LogP contribution in [0.3, 0.4) is 0 Å². The summed E-state index contributed by atoms with van der Waals surface area (Å²) in [6.07, 6.45) is 1.34. The SMILES string of the molecule is CC(C)(C)OC(=O)NCc1cccc(-c2ncc(-c3ccc(Oc4ccccc4)cc3)c3c(N)n[nH]c23)c1. The third-order valence-corrected chi connectivity index (χ3v) is 5.80. The Balaban J connectivity index is 1.41. The molecule has 0 spiro atoms. The van der Waals surface area contributed by atoms with Crippen LogP contribution in [-0.2, 0) is 11.3 Å². The van der Waals surface area contributed by atoms with E-state index in [9.17, 15) is 4.79 Å². The lowest BCUT2D eigenvalue weighted by Gasteiger charge is -2.19. The number of carbonyl (C=O) groups is 1. The molecule has 0 aliphatic rings. The molecule has 2 heterocycles. The van der Waals surface area contributed by atoms with Crippen molar-refractivity contribution < 1.29 is 14.3 Å². The molecule has 3 aromatic carbocycles. The van der Waals surface area contributed by atoms with Crippen LogP contribution < -0.4 is 15.8 Å². The van der Waals surface area contributed by atoms with Crippen molar-refractivity contribution in [3.05, 3.63) is 90.6 Å². The fraction of sp³-hybridized carbons (Fsp3) is 0.167. The number of hydrogen-bond acceptors (Lipinski definition) is 6. The lowest BCUT2D eigenvalue weighted by Crippen LogP contribution is -2.32. The second-order valence-electron chi connectivity index (χ2n) is 9.87. The first-order valence-electron chi connectivity index (χ1n) is 12.3. The minimum atomic E-state index is -0.557. The van der Waals surface area contributed by atoms with E-state index in [-0.39, 0.29) is 0 Å². The molecule has 8 heteroatoms. The fourth-order valence-corrected chi connectivity index (χ4v) is 4.14. The van der Waals surface area contributed by atoms with Crippen LogP contribution in [0.4, 0.5) is 10.6 Å². The smallest absolute Gasteiger partial charge is 0.407 e. The number of aromatic amines is 1. The van der Waals surface area contributed by atoms with E-state index in [1.165, 1.54) is 0 Å². The van der Waals surface area contributed by atoms with E-state index in [4.69, 9.17) is 20.2 Å². The molecule has 0 saturated heterocycles. The van der Waals surface area contributed by atoms with E-state index in [1.807, 2.05) is 106 Å². The van der Waals surface area contributed by atoms with Gasteiger partial charge >= 0.3 is 6.09 Å². The number of anilines is 1. The minimum Gasteiger partial charge on any atom is -0.457 e. The molecule has 0 fully saturated rings. The molecule has 4 N–H and O–H groups in total. The van der Waals surface area contributed by atoms with Gasteiger partial charge in [-0.05, 0) is 62.2 Å². The van der Waals surface area contributed by atoms with Crippen molar-refractivity contribution in [2.45, 2.75) is 32.9 Å². The first-order valence-corrected chi connectivity index (χ1v) is 12.3. The van der Waals surface area contributed by atoms with E-state index >= 15 is 0 Å². The summed E-state index contributed by atoms with van der Waals surface area (Å²) in [5.41, 5.74) is 10.8. The average Bonchev–Trinajstić information content (AvgIpc) is 3.29. The maximum absolute atomic E-state index is 12.1. The first-order chi connectivity index (χ1) is 18.3. The number of nitrogens with zero attached hydrogens (tertiary/aromatic N) is 2. The normalized spacial score (nSPS) is 11.3. The van der Waals surface area contributed by atoms with Gasteiger partial charge in [0.15, 0.2) is 5.82 Å². The molecular formula is C30H29N5O3. The molecule has 0 aliphatic heterocycles. The second-order valence-corrected chi connectivity index (χ2v) is 9.87. The lowest BCUT2D eigenvalue weighted by atomic mass is 10.00. The van der Waals surface area contributed by atoms with Gasteiger partial charge in [0.25, 0.3) is 0 Å². The fourth-order valence-electron chi connectivity index (χ4n) is 4.14. The predicted octanol–water partition coefficient (Wildman–Crippen LogP) is 6.69. The van der Waals surface area contributed by atoms with E-state index in [2.05, 4.69) is 15.5 Å². The Morgan fingerprint density at radius 2 is 1.68 bits per heavy atom. The summed E-state index contributed by atoms with van der Waals surface area (Å²) in [5, 5.41) is 10.9. The van der Waals surface area contributed by atoms with E-state index in [1.54, 1.807) is 0 Å². The van der Waals surface area contributed by atoms with Crippen molar-refractivity contribution in [1.29, 1.82) is 0 Å². The zero-order valence-corrected chi connectivity index (χ0v) is 21.5. The van der Waals surface area contributed by atoms with Gasteiger partial charge in [0.05, 0.1) is 16.6 Å². The number of nitrogen functional groups attached to an aromatic ring is 1. The highest BCUT2D eigenvalue weighted by atomic mass is 16.6. The third-order valence-electron chi connectivity index (χ3n) is 5.80. The van der Waals surface area contributed by atoms with Crippen LogP contribution >= 0.6 is 0 Å². The molecule has 5 rings (SSSR count). The molecule has 0 bridgehead atoms. The molecule has 0 saturated carbocycles. The summed E-state index contributed by atoms with van der Waals surface area (Å²) in [5.74, 6) is 1.90. The Kier molecular flexibility index (Phi) is 6.70. The Hall–Kier alpha value is -4.85. The summed E-state index contributed by atoms with van der Waals surface area (Å²) in [7, 11) is 0. The molecule has 38 heavy (non-hydrogen) atoms. The lowest BCUT2D eigenvalue weighted by molar-refractivity contribution is 0.0523. The van der Waals surface area contributed by atoms with Gasteiger partial charge < -0.3 is 20.5 Å². The molecule has 2 aromatic heterocycles. The quantitative estimate of drug-likeness (QED) is 0.236. The Morgan fingerprint density at radius 3 is 2.42 bits per heavy atom. The molecule has 0 radical (unpaired) electrons. The molecule has 0 atom stereocenters.